The van der Waals surface area contributed by atoms with E-state index in [9.17, 15) is 5.11 Å². The monoisotopic (exact) mass is 250 g/mol. The quantitative estimate of drug-likeness (QED) is 0.883. The first kappa shape index (κ1) is 15.0. The first-order valence-corrected chi connectivity index (χ1v) is 6.64. The molecule has 1 aromatic rings. The van der Waals surface area contributed by atoms with Crippen LogP contribution < -0.4 is 4.74 Å². The van der Waals surface area contributed by atoms with E-state index in [0.29, 0.717) is 6.61 Å². The molecule has 1 atom stereocenters. The lowest BCUT2D eigenvalue weighted by atomic mass is 9.86. The van der Waals surface area contributed by atoms with E-state index in [1.54, 1.807) is 0 Å². The first-order chi connectivity index (χ1) is 8.21. The summed E-state index contributed by atoms with van der Waals surface area (Å²) in [5, 5.41) is 9.74. The zero-order chi connectivity index (χ0) is 13.9. The summed E-state index contributed by atoms with van der Waals surface area (Å²) in [6, 6.07) is 6.27. The first-order valence-electron chi connectivity index (χ1n) is 6.64. The van der Waals surface area contributed by atoms with Crippen LogP contribution in [0.3, 0.4) is 0 Å². The van der Waals surface area contributed by atoms with Crippen molar-refractivity contribution in [2.24, 2.45) is 5.92 Å². The Morgan fingerprint density at radius 2 is 1.83 bits per heavy atom. The van der Waals surface area contributed by atoms with Gasteiger partial charge in [-0.2, -0.15) is 0 Å². The molecule has 18 heavy (non-hydrogen) atoms. The number of aryl methyl sites for hydroxylation is 1. The maximum absolute atomic E-state index is 9.74. The molecule has 0 amide bonds. The molecule has 1 unspecified atom stereocenters. The van der Waals surface area contributed by atoms with Gasteiger partial charge in [-0.25, -0.2) is 0 Å². The number of rotatable bonds is 4. The molecule has 0 fully saturated rings. The highest BCUT2D eigenvalue weighted by Crippen LogP contribution is 2.27. The lowest BCUT2D eigenvalue weighted by Gasteiger charge is -2.21. The van der Waals surface area contributed by atoms with Crippen molar-refractivity contribution in [3.05, 3.63) is 29.3 Å². The summed E-state index contributed by atoms with van der Waals surface area (Å²) in [5.74, 6) is 1.09. The molecule has 2 nitrogen and oxygen atoms in total. The van der Waals surface area contributed by atoms with Crippen molar-refractivity contribution in [2.75, 3.05) is 6.61 Å². The predicted molar refractivity (Wildman–Crippen MR) is 76.2 cm³/mol. The third kappa shape index (κ3) is 4.02. The molecule has 1 aromatic carbocycles. The van der Waals surface area contributed by atoms with Gasteiger partial charge < -0.3 is 9.84 Å². The summed E-state index contributed by atoms with van der Waals surface area (Å²) in [6.07, 6.45) is -0.410. The van der Waals surface area contributed by atoms with Crippen LogP contribution in [0.1, 0.15) is 45.7 Å². The van der Waals surface area contributed by atoms with Crippen LogP contribution in [0.5, 0.6) is 5.75 Å². The van der Waals surface area contributed by atoms with E-state index in [2.05, 4.69) is 32.9 Å². The predicted octanol–water partition coefficient (Wildman–Crippen LogP) is 3.69. The van der Waals surface area contributed by atoms with Gasteiger partial charge in [-0.15, -0.1) is 0 Å². The fourth-order valence-electron chi connectivity index (χ4n) is 1.65. The van der Waals surface area contributed by atoms with Crippen molar-refractivity contribution in [1.82, 2.24) is 0 Å². The summed E-state index contributed by atoms with van der Waals surface area (Å²) in [7, 11) is 0. The van der Waals surface area contributed by atoms with Crippen LogP contribution in [0.4, 0.5) is 0 Å². The van der Waals surface area contributed by atoms with Crippen LogP contribution in [0.2, 0.25) is 0 Å². The van der Waals surface area contributed by atoms with Gasteiger partial charge in [0, 0.05) is 0 Å². The van der Waals surface area contributed by atoms with Gasteiger partial charge in [0.05, 0.1) is 6.10 Å². The molecule has 0 aliphatic carbocycles. The number of hydrogen-bond donors (Lipinski definition) is 1. The summed E-state index contributed by atoms with van der Waals surface area (Å²) in [6.45, 7) is 13.0. The lowest BCUT2D eigenvalue weighted by Crippen LogP contribution is -2.23. The molecule has 0 aliphatic rings. The number of ether oxygens (including phenoxy) is 1. The minimum Gasteiger partial charge on any atom is -0.491 e. The van der Waals surface area contributed by atoms with E-state index in [4.69, 9.17) is 4.74 Å². The Bertz CT molecular complexity index is 389. The maximum Gasteiger partial charge on any atom is 0.122 e. The highest BCUT2D eigenvalue weighted by Gasteiger charge is 2.15. The van der Waals surface area contributed by atoms with E-state index < -0.39 is 6.10 Å². The van der Waals surface area contributed by atoms with Gasteiger partial charge in [0.1, 0.15) is 12.4 Å². The molecule has 0 aromatic heterocycles. The van der Waals surface area contributed by atoms with Crippen LogP contribution >= 0.6 is 0 Å². The van der Waals surface area contributed by atoms with Crippen molar-refractivity contribution < 1.29 is 9.84 Å². The zero-order valence-electron chi connectivity index (χ0n) is 12.4. The topological polar surface area (TPSA) is 29.5 Å². The fourth-order valence-corrected chi connectivity index (χ4v) is 1.65. The van der Waals surface area contributed by atoms with Crippen molar-refractivity contribution in [1.29, 1.82) is 0 Å². The number of aliphatic hydroxyl groups excluding tert-OH is 1. The highest BCUT2D eigenvalue weighted by molar-refractivity contribution is 5.38. The Morgan fingerprint density at radius 3 is 2.28 bits per heavy atom. The van der Waals surface area contributed by atoms with Gasteiger partial charge in [-0.3, -0.25) is 0 Å². The van der Waals surface area contributed by atoms with Crippen molar-refractivity contribution in [3.63, 3.8) is 0 Å². The minimum absolute atomic E-state index is 0.154. The van der Waals surface area contributed by atoms with Crippen LogP contribution in [0.15, 0.2) is 18.2 Å². The number of hydrogen-bond acceptors (Lipinski definition) is 2. The van der Waals surface area contributed by atoms with E-state index in [1.807, 2.05) is 26.8 Å². The third-order valence-corrected chi connectivity index (χ3v) is 3.22. The molecule has 0 heterocycles. The second-order valence-electron chi connectivity index (χ2n) is 6.35. The molecule has 0 saturated heterocycles. The fraction of sp³-hybridized carbons (Fsp3) is 0.625. The van der Waals surface area contributed by atoms with Crippen molar-refractivity contribution in [3.8, 4) is 5.75 Å². The zero-order valence-corrected chi connectivity index (χ0v) is 12.4. The maximum atomic E-state index is 9.74. The molecular weight excluding hydrogens is 224 g/mol. The molecule has 0 spiro atoms. The smallest absolute Gasteiger partial charge is 0.122 e. The van der Waals surface area contributed by atoms with E-state index in [-0.39, 0.29) is 11.3 Å². The molecular formula is C16H26O2. The van der Waals surface area contributed by atoms with Crippen molar-refractivity contribution in [2.45, 2.75) is 53.1 Å². The summed E-state index contributed by atoms with van der Waals surface area (Å²) in [4.78, 5) is 0. The molecule has 0 radical (unpaired) electrons. The van der Waals surface area contributed by atoms with E-state index in [1.165, 1.54) is 5.56 Å². The Balaban J connectivity index is 2.75. The Kier molecular flexibility index (Phi) is 4.80. The highest BCUT2D eigenvalue weighted by atomic mass is 16.5. The van der Waals surface area contributed by atoms with Gasteiger partial charge in [0.15, 0.2) is 0 Å². The summed E-state index contributed by atoms with van der Waals surface area (Å²) >= 11 is 0. The second-order valence-corrected chi connectivity index (χ2v) is 6.35. The molecule has 0 aliphatic heterocycles. The second kappa shape index (κ2) is 5.75. The van der Waals surface area contributed by atoms with Gasteiger partial charge in [0.2, 0.25) is 0 Å². The molecule has 1 rings (SSSR count). The third-order valence-electron chi connectivity index (χ3n) is 3.22. The molecule has 2 heteroatoms. The van der Waals surface area contributed by atoms with Gasteiger partial charge in [-0.05, 0) is 35.4 Å². The van der Waals surface area contributed by atoms with Crippen LogP contribution in [0, 0.1) is 12.8 Å². The Morgan fingerprint density at radius 1 is 1.22 bits per heavy atom. The normalized spacial score (nSPS) is 13.8. The minimum atomic E-state index is -0.410. The van der Waals surface area contributed by atoms with Crippen LogP contribution in [-0.2, 0) is 5.41 Å². The largest absolute Gasteiger partial charge is 0.491 e. The molecule has 0 saturated carbocycles. The molecule has 1 N–H and O–H groups in total. The molecule has 102 valence electrons. The molecule has 0 bridgehead atoms. The van der Waals surface area contributed by atoms with Crippen LogP contribution in [0.25, 0.3) is 0 Å². The van der Waals surface area contributed by atoms with Crippen molar-refractivity contribution >= 4 is 0 Å². The van der Waals surface area contributed by atoms with Gasteiger partial charge in [0.25, 0.3) is 0 Å². The van der Waals surface area contributed by atoms with Gasteiger partial charge in [-0.1, -0.05) is 46.8 Å². The van der Waals surface area contributed by atoms with E-state index >= 15 is 0 Å². The Labute approximate surface area is 111 Å². The van der Waals surface area contributed by atoms with Gasteiger partial charge >= 0.3 is 0 Å². The number of benzene rings is 1. The Hall–Kier alpha value is -1.02. The average Bonchev–Trinajstić information content (AvgIpc) is 2.25. The lowest BCUT2D eigenvalue weighted by molar-refractivity contribution is 0.0698. The number of aliphatic hydroxyl groups is 1. The summed E-state index contributed by atoms with van der Waals surface area (Å²) < 4.78 is 5.68. The average molecular weight is 250 g/mol. The standard InChI is InChI=1S/C16H26O2/c1-11(2)14(17)10-18-15-8-7-13(9-12(15)3)16(4,5)6/h7-9,11,14,17H,10H2,1-6H3. The van der Waals surface area contributed by atoms with Crippen LogP contribution in [-0.4, -0.2) is 17.8 Å². The SMILES string of the molecule is Cc1cc(C(C)(C)C)ccc1OCC(O)C(C)C. The van der Waals surface area contributed by atoms with E-state index in [0.717, 1.165) is 11.3 Å². The summed E-state index contributed by atoms with van der Waals surface area (Å²) in [5.41, 5.74) is 2.58.